The molecule has 0 spiro atoms. The summed E-state index contributed by atoms with van der Waals surface area (Å²) in [4.78, 5) is 0. The van der Waals surface area contributed by atoms with Gasteiger partial charge in [-0.3, -0.25) is 5.10 Å². The normalized spacial score (nSPS) is 11.0. The van der Waals surface area contributed by atoms with E-state index in [1.165, 1.54) is 5.56 Å². The van der Waals surface area contributed by atoms with E-state index >= 15 is 0 Å². The van der Waals surface area contributed by atoms with Gasteiger partial charge in [0.1, 0.15) is 0 Å². The fourth-order valence-electron chi connectivity index (χ4n) is 2.01. The van der Waals surface area contributed by atoms with Gasteiger partial charge in [-0.2, -0.15) is 10.4 Å². The number of H-pyrrole nitrogens is 1. The Balaban J connectivity index is 2.11. The molecular weight excluding hydrogens is 224 g/mol. The van der Waals surface area contributed by atoms with E-state index in [2.05, 4.69) is 35.4 Å². The van der Waals surface area contributed by atoms with Gasteiger partial charge in [-0.05, 0) is 43.1 Å². The van der Waals surface area contributed by atoms with Gasteiger partial charge in [-0.25, -0.2) is 0 Å². The fourth-order valence-corrected chi connectivity index (χ4v) is 2.01. The topological polar surface area (TPSA) is 64.5 Å². The highest BCUT2D eigenvalue weighted by Gasteiger charge is 2.05. The van der Waals surface area contributed by atoms with Gasteiger partial charge in [0.2, 0.25) is 0 Å². The number of aromatic nitrogens is 2. The van der Waals surface area contributed by atoms with Crippen molar-refractivity contribution in [1.29, 1.82) is 5.26 Å². The third kappa shape index (κ3) is 2.88. The number of nitrogens with one attached hydrogen (secondary N) is 2. The minimum atomic E-state index is 0.657. The highest BCUT2D eigenvalue weighted by atomic mass is 15.1. The highest BCUT2D eigenvalue weighted by molar-refractivity contribution is 5.83. The monoisotopic (exact) mass is 242 g/mol. The average Bonchev–Trinajstić information content (AvgIpc) is 2.82. The third-order valence-electron chi connectivity index (χ3n) is 2.90. The van der Waals surface area contributed by atoms with Crippen molar-refractivity contribution in [2.75, 3.05) is 13.1 Å². The summed E-state index contributed by atoms with van der Waals surface area (Å²) in [6, 6.07) is 5.98. The second-order valence-electron chi connectivity index (χ2n) is 4.93. The molecule has 2 aromatic rings. The van der Waals surface area contributed by atoms with Crippen LogP contribution in [0.15, 0.2) is 18.3 Å². The van der Waals surface area contributed by atoms with E-state index in [1.807, 2.05) is 18.3 Å². The number of rotatable bonds is 5. The minimum Gasteiger partial charge on any atom is -0.316 e. The lowest BCUT2D eigenvalue weighted by Gasteiger charge is -2.08. The zero-order chi connectivity index (χ0) is 13.0. The molecule has 1 heterocycles. The van der Waals surface area contributed by atoms with E-state index in [0.717, 1.165) is 30.4 Å². The Labute approximate surface area is 107 Å². The summed E-state index contributed by atoms with van der Waals surface area (Å²) >= 11 is 0. The number of aromatic amines is 1. The van der Waals surface area contributed by atoms with Gasteiger partial charge < -0.3 is 5.32 Å². The van der Waals surface area contributed by atoms with Crippen molar-refractivity contribution in [3.8, 4) is 6.07 Å². The van der Waals surface area contributed by atoms with Gasteiger partial charge in [-0.1, -0.05) is 13.8 Å². The van der Waals surface area contributed by atoms with Crippen LogP contribution in [0.3, 0.4) is 0 Å². The first-order chi connectivity index (χ1) is 8.70. The van der Waals surface area contributed by atoms with Gasteiger partial charge in [0.15, 0.2) is 0 Å². The Morgan fingerprint density at radius 1 is 1.44 bits per heavy atom. The van der Waals surface area contributed by atoms with Crippen LogP contribution in [0, 0.1) is 17.2 Å². The first kappa shape index (κ1) is 12.6. The standard InChI is InChI=1S/C14H18N4/c1-10(2)8-16-4-3-12-5-11(7-15)6-14-13(12)9-17-18-14/h5-6,9-10,16H,3-4,8H2,1-2H3,(H,17,18). The third-order valence-corrected chi connectivity index (χ3v) is 2.90. The smallest absolute Gasteiger partial charge is 0.0992 e. The predicted molar refractivity (Wildman–Crippen MR) is 72.2 cm³/mol. The van der Waals surface area contributed by atoms with E-state index in [-0.39, 0.29) is 0 Å². The molecule has 0 fully saturated rings. The Hall–Kier alpha value is -1.86. The van der Waals surface area contributed by atoms with Crippen LogP contribution in [0.1, 0.15) is 25.0 Å². The molecule has 4 heteroatoms. The molecule has 1 aromatic heterocycles. The Kier molecular flexibility index (Phi) is 3.96. The van der Waals surface area contributed by atoms with Gasteiger partial charge in [0.25, 0.3) is 0 Å². The summed E-state index contributed by atoms with van der Waals surface area (Å²) in [7, 11) is 0. The molecule has 0 bridgehead atoms. The number of nitrogens with zero attached hydrogens (tertiary/aromatic N) is 2. The zero-order valence-corrected chi connectivity index (χ0v) is 10.8. The largest absolute Gasteiger partial charge is 0.316 e. The molecule has 0 atom stereocenters. The molecule has 2 rings (SSSR count). The summed E-state index contributed by atoms with van der Waals surface area (Å²) in [5, 5.41) is 20.5. The highest BCUT2D eigenvalue weighted by Crippen LogP contribution is 2.19. The lowest BCUT2D eigenvalue weighted by atomic mass is 10.0. The van der Waals surface area contributed by atoms with Crippen LogP contribution in [-0.4, -0.2) is 23.3 Å². The van der Waals surface area contributed by atoms with E-state index in [1.54, 1.807) is 0 Å². The fraction of sp³-hybridized carbons (Fsp3) is 0.429. The molecule has 0 aliphatic rings. The number of nitriles is 1. The number of fused-ring (bicyclic) bond motifs is 1. The molecule has 4 nitrogen and oxygen atoms in total. The van der Waals surface area contributed by atoms with Crippen molar-refractivity contribution in [3.05, 3.63) is 29.5 Å². The van der Waals surface area contributed by atoms with Crippen molar-refractivity contribution < 1.29 is 0 Å². The van der Waals surface area contributed by atoms with Gasteiger partial charge in [-0.15, -0.1) is 0 Å². The van der Waals surface area contributed by atoms with E-state index in [9.17, 15) is 0 Å². The Morgan fingerprint density at radius 3 is 3.00 bits per heavy atom. The SMILES string of the molecule is CC(C)CNCCc1cc(C#N)cc2[nH]ncc12. The van der Waals surface area contributed by atoms with Crippen LogP contribution in [0.25, 0.3) is 10.9 Å². The van der Waals surface area contributed by atoms with Crippen LogP contribution in [0.2, 0.25) is 0 Å². The summed E-state index contributed by atoms with van der Waals surface area (Å²) in [5.74, 6) is 0.657. The van der Waals surface area contributed by atoms with Crippen molar-refractivity contribution in [2.24, 2.45) is 5.92 Å². The molecule has 2 N–H and O–H groups in total. The molecule has 0 aliphatic carbocycles. The summed E-state index contributed by atoms with van der Waals surface area (Å²) < 4.78 is 0. The van der Waals surface area contributed by atoms with Crippen molar-refractivity contribution in [1.82, 2.24) is 15.5 Å². The molecule has 0 saturated heterocycles. The molecule has 0 unspecified atom stereocenters. The second-order valence-corrected chi connectivity index (χ2v) is 4.93. The van der Waals surface area contributed by atoms with E-state index in [0.29, 0.717) is 11.5 Å². The molecule has 1 aromatic carbocycles. The Morgan fingerprint density at radius 2 is 2.28 bits per heavy atom. The maximum Gasteiger partial charge on any atom is 0.0992 e. The van der Waals surface area contributed by atoms with Crippen molar-refractivity contribution >= 4 is 10.9 Å². The van der Waals surface area contributed by atoms with Gasteiger partial charge in [0, 0.05) is 5.39 Å². The summed E-state index contributed by atoms with van der Waals surface area (Å²) in [6.07, 6.45) is 2.74. The van der Waals surface area contributed by atoms with E-state index in [4.69, 9.17) is 5.26 Å². The molecule has 0 aliphatic heterocycles. The quantitative estimate of drug-likeness (QED) is 0.790. The summed E-state index contributed by atoms with van der Waals surface area (Å²) in [5.41, 5.74) is 2.80. The maximum atomic E-state index is 9.00. The average molecular weight is 242 g/mol. The number of benzene rings is 1. The molecule has 94 valence electrons. The molecule has 18 heavy (non-hydrogen) atoms. The van der Waals surface area contributed by atoms with Crippen molar-refractivity contribution in [3.63, 3.8) is 0 Å². The van der Waals surface area contributed by atoms with E-state index < -0.39 is 0 Å². The maximum absolute atomic E-state index is 9.00. The zero-order valence-electron chi connectivity index (χ0n) is 10.8. The van der Waals surface area contributed by atoms with Crippen LogP contribution < -0.4 is 5.32 Å². The van der Waals surface area contributed by atoms with Crippen LogP contribution in [-0.2, 0) is 6.42 Å². The lowest BCUT2D eigenvalue weighted by molar-refractivity contribution is 0.555. The number of hydrogen-bond acceptors (Lipinski definition) is 3. The van der Waals surface area contributed by atoms with Gasteiger partial charge in [0.05, 0.1) is 23.3 Å². The Bertz CT molecular complexity index is 563. The number of hydrogen-bond donors (Lipinski definition) is 2. The first-order valence-electron chi connectivity index (χ1n) is 6.27. The van der Waals surface area contributed by atoms with Crippen LogP contribution in [0.5, 0.6) is 0 Å². The van der Waals surface area contributed by atoms with Crippen LogP contribution in [0.4, 0.5) is 0 Å². The first-order valence-corrected chi connectivity index (χ1v) is 6.27. The molecule has 0 amide bonds. The van der Waals surface area contributed by atoms with Gasteiger partial charge >= 0.3 is 0 Å². The minimum absolute atomic E-state index is 0.657. The predicted octanol–water partition coefficient (Wildman–Crippen LogP) is 2.22. The molecule has 0 saturated carbocycles. The van der Waals surface area contributed by atoms with Crippen molar-refractivity contribution in [2.45, 2.75) is 20.3 Å². The molecular formula is C14H18N4. The lowest BCUT2D eigenvalue weighted by Crippen LogP contribution is -2.22. The molecule has 0 radical (unpaired) electrons. The van der Waals surface area contributed by atoms with Crippen LogP contribution >= 0.6 is 0 Å². The summed E-state index contributed by atoms with van der Waals surface area (Å²) in [6.45, 7) is 6.33. The second kappa shape index (κ2) is 5.65.